The Balaban J connectivity index is 1.38. The van der Waals surface area contributed by atoms with Crippen LogP contribution in [0.5, 0.6) is 0 Å². The first-order chi connectivity index (χ1) is 14.9. The van der Waals surface area contributed by atoms with E-state index < -0.39 is 12.0 Å². The van der Waals surface area contributed by atoms with Gasteiger partial charge in [0.05, 0.1) is 18.0 Å². The molecule has 1 saturated carbocycles. The number of nitrogens with one attached hydrogen (secondary N) is 2. The summed E-state index contributed by atoms with van der Waals surface area (Å²) < 4.78 is 0. The minimum atomic E-state index is -0.596. The molecule has 1 heterocycles. The van der Waals surface area contributed by atoms with Crippen molar-refractivity contribution in [3.8, 4) is 6.07 Å². The van der Waals surface area contributed by atoms with Crippen LogP contribution in [0.1, 0.15) is 49.7 Å². The van der Waals surface area contributed by atoms with Crippen molar-refractivity contribution in [2.45, 2.75) is 51.0 Å². The summed E-state index contributed by atoms with van der Waals surface area (Å²) in [6.45, 7) is 0.624. The van der Waals surface area contributed by atoms with Gasteiger partial charge in [0.2, 0.25) is 11.8 Å². The average Bonchev–Trinajstić information content (AvgIpc) is 3.32. The topological polar surface area (TPSA) is 99.1 Å². The summed E-state index contributed by atoms with van der Waals surface area (Å²) >= 11 is 6.05. The summed E-state index contributed by atoms with van der Waals surface area (Å²) in [4.78, 5) is 37.8. The fourth-order valence-electron chi connectivity index (χ4n) is 4.45. The van der Waals surface area contributed by atoms with Crippen LogP contribution in [0.15, 0.2) is 23.8 Å². The lowest BCUT2D eigenvalue weighted by Crippen LogP contribution is -2.42. The van der Waals surface area contributed by atoms with E-state index in [-0.39, 0.29) is 29.9 Å². The highest BCUT2D eigenvalue weighted by molar-refractivity contribution is 6.30. The second kappa shape index (κ2) is 9.23. The van der Waals surface area contributed by atoms with Gasteiger partial charge in [0.25, 0.3) is 0 Å². The number of carbonyl (C=O) groups excluding carboxylic acids is 3. The third-order valence-electron chi connectivity index (χ3n) is 6.43. The molecule has 0 unspecified atom stereocenters. The molecule has 0 radical (unpaired) electrons. The van der Waals surface area contributed by atoms with Crippen molar-refractivity contribution in [2.24, 2.45) is 17.8 Å². The molecule has 1 saturated heterocycles. The molecule has 4 rings (SSSR count). The van der Waals surface area contributed by atoms with E-state index in [9.17, 15) is 19.6 Å². The normalized spacial score (nSPS) is 21.5. The van der Waals surface area contributed by atoms with Crippen molar-refractivity contribution in [3.63, 3.8) is 0 Å². The smallest absolute Gasteiger partial charge is 0.248 e. The first kappa shape index (κ1) is 21.6. The molecule has 0 aromatic heterocycles. The van der Waals surface area contributed by atoms with Gasteiger partial charge in [-0.15, -0.1) is 0 Å². The van der Waals surface area contributed by atoms with E-state index in [1.54, 1.807) is 6.07 Å². The maximum atomic E-state index is 13.0. The lowest BCUT2D eigenvalue weighted by atomic mass is 9.88. The van der Waals surface area contributed by atoms with Crippen molar-refractivity contribution in [1.82, 2.24) is 10.6 Å². The third-order valence-corrected chi connectivity index (χ3v) is 6.66. The van der Waals surface area contributed by atoms with Crippen molar-refractivity contribution < 1.29 is 14.4 Å². The van der Waals surface area contributed by atoms with Crippen LogP contribution in [0.2, 0.25) is 5.02 Å². The van der Waals surface area contributed by atoms with Crippen molar-refractivity contribution in [3.05, 3.63) is 39.9 Å². The van der Waals surface area contributed by atoms with E-state index in [0.717, 1.165) is 24.0 Å². The van der Waals surface area contributed by atoms with Crippen LogP contribution in [-0.4, -0.2) is 30.2 Å². The Morgan fingerprint density at radius 3 is 2.74 bits per heavy atom. The van der Waals surface area contributed by atoms with Gasteiger partial charge in [0.1, 0.15) is 0 Å². The summed E-state index contributed by atoms with van der Waals surface area (Å²) in [6, 6.07) is 7.14. The van der Waals surface area contributed by atoms with Gasteiger partial charge in [0.15, 0.2) is 5.78 Å². The highest BCUT2D eigenvalue weighted by Gasteiger charge is 2.34. The number of nitriles is 1. The van der Waals surface area contributed by atoms with Gasteiger partial charge in [-0.1, -0.05) is 30.5 Å². The highest BCUT2D eigenvalue weighted by Crippen LogP contribution is 2.35. The highest BCUT2D eigenvalue weighted by atomic mass is 35.5. The SMILES string of the molecule is N#C[C@@H](CC(=O)[C@H](CC1CC1)NC(=O)C1=Cc2ccc(Cl)cc2C1)C[C@@H]1CCNC1=O. The molecule has 2 aliphatic carbocycles. The summed E-state index contributed by atoms with van der Waals surface area (Å²) in [5.74, 6) is -0.674. The van der Waals surface area contributed by atoms with Crippen molar-refractivity contribution >= 4 is 35.3 Å². The van der Waals surface area contributed by atoms with Crippen molar-refractivity contribution in [1.29, 1.82) is 5.26 Å². The van der Waals surface area contributed by atoms with E-state index in [2.05, 4.69) is 16.7 Å². The predicted octanol–water partition coefficient (Wildman–Crippen LogP) is 3.19. The first-order valence-corrected chi connectivity index (χ1v) is 11.3. The Bertz CT molecular complexity index is 977. The Labute approximate surface area is 187 Å². The van der Waals surface area contributed by atoms with Gasteiger partial charge >= 0.3 is 0 Å². The van der Waals surface area contributed by atoms with Gasteiger partial charge in [-0.05, 0) is 54.5 Å². The minimum absolute atomic E-state index is 0.0385. The van der Waals surface area contributed by atoms with Gasteiger partial charge in [0, 0.05) is 35.9 Å². The van der Waals surface area contributed by atoms with Crippen LogP contribution >= 0.6 is 11.6 Å². The van der Waals surface area contributed by atoms with Gasteiger partial charge in [-0.2, -0.15) is 5.26 Å². The Kier molecular flexibility index (Phi) is 6.43. The van der Waals surface area contributed by atoms with E-state index in [4.69, 9.17) is 11.6 Å². The zero-order chi connectivity index (χ0) is 22.0. The number of benzene rings is 1. The number of halogens is 1. The molecular formula is C24H26ClN3O3. The molecule has 162 valence electrons. The van der Waals surface area contributed by atoms with Crippen LogP contribution in [0.25, 0.3) is 6.08 Å². The largest absolute Gasteiger partial charge is 0.356 e. The Morgan fingerprint density at radius 2 is 2.06 bits per heavy atom. The summed E-state index contributed by atoms with van der Waals surface area (Å²) in [6.07, 6.45) is 6.23. The van der Waals surface area contributed by atoms with E-state index in [1.165, 1.54) is 0 Å². The third kappa shape index (κ3) is 5.34. The molecule has 3 atom stereocenters. The predicted molar refractivity (Wildman–Crippen MR) is 117 cm³/mol. The van der Waals surface area contributed by atoms with Gasteiger partial charge in [-0.3, -0.25) is 14.4 Å². The lowest BCUT2D eigenvalue weighted by Gasteiger charge is -2.20. The maximum Gasteiger partial charge on any atom is 0.248 e. The number of nitrogens with zero attached hydrogens (tertiary/aromatic N) is 1. The number of carbonyl (C=O) groups is 3. The fraction of sp³-hybridized carbons (Fsp3) is 0.500. The quantitative estimate of drug-likeness (QED) is 0.617. The molecule has 0 bridgehead atoms. The number of ketones is 1. The number of rotatable bonds is 9. The van der Waals surface area contributed by atoms with Crippen LogP contribution < -0.4 is 10.6 Å². The van der Waals surface area contributed by atoms with Crippen LogP contribution in [0.3, 0.4) is 0 Å². The number of hydrogen-bond donors (Lipinski definition) is 2. The molecule has 1 aromatic rings. The van der Waals surface area contributed by atoms with Crippen LogP contribution in [0, 0.1) is 29.1 Å². The number of fused-ring (bicyclic) bond motifs is 1. The zero-order valence-electron chi connectivity index (χ0n) is 17.3. The fourth-order valence-corrected chi connectivity index (χ4v) is 4.64. The van der Waals surface area contributed by atoms with Gasteiger partial charge < -0.3 is 10.6 Å². The molecule has 2 N–H and O–H groups in total. The molecule has 2 amide bonds. The van der Waals surface area contributed by atoms with E-state index in [1.807, 2.05) is 18.2 Å². The standard InChI is InChI=1S/C24H26ClN3O3/c25-20-4-3-16-10-19(11-18(16)12-20)24(31)28-21(8-14-1-2-14)22(29)9-15(13-26)7-17-5-6-27-23(17)30/h3-4,10,12,14-15,17,21H,1-2,5-9,11H2,(H,27,30)(H,28,31)/t15-,17+,21+/m1/s1. The van der Waals surface area contributed by atoms with Crippen molar-refractivity contribution in [2.75, 3.05) is 6.54 Å². The lowest BCUT2D eigenvalue weighted by molar-refractivity contribution is -0.127. The van der Waals surface area contributed by atoms with Crippen LogP contribution in [-0.2, 0) is 20.8 Å². The Morgan fingerprint density at radius 1 is 1.26 bits per heavy atom. The van der Waals surface area contributed by atoms with E-state index >= 15 is 0 Å². The monoisotopic (exact) mass is 439 g/mol. The van der Waals surface area contributed by atoms with E-state index in [0.29, 0.717) is 48.7 Å². The first-order valence-electron chi connectivity index (χ1n) is 10.9. The van der Waals surface area contributed by atoms with Crippen LogP contribution in [0.4, 0.5) is 0 Å². The molecule has 1 aromatic carbocycles. The molecule has 31 heavy (non-hydrogen) atoms. The second-order valence-corrected chi connectivity index (χ2v) is 9.34. The molecule has 0 spiro atoms. The number of amides is 2. The Hall–Kier alpha value is -2.65. The second-order valence-electron chi connectivity index (χ2n) is 8.90. The molecular weight excluding hydrogens is 414 g/mol. The van der Waals surface area contributed by atoms with Gasteiger partial charge in [-0.25, -0.2) is 0 Å². The number of Topliss-reactive ketones (excluding diaryl/α,β-unsaturated/α-hetero) is 1. The summed E-state index contributed by atoms with van der Waals surface area (Å²) in [7, 11) is 0. The average molecular weight is 440 g/mol. The molecule has 6 nitrogen and oxygen atoms in total. The molecule has 7 heteroatoms. The maximum absolute atomic E-state index is 13.0. The number of hydrogen-bond acceptors (Lipinski definition) is 4. The molecule has 1 aliphatic heterocycles. The molecule has 2 fully saturated rings. The minimum Gasteiger partial charge on any atom is -0.356 e. The summed E-state index contributed by atoms with van der Waals surface area (Å²) in [5.41, 5.74) is 2.59. The molecule has 3 aliphatic rings. The zero-order valence-corrected chi connectivity index (χ0v) is 18.1. The summed E-state index contributed by atoms with van der Waals surface area (Å²) in [5, 5.41) is 15.9.